The van der Waals surface area contributed by atoms with Crippen molar-refractivity contribution in [1.29, 1.82) is 0 Å². The Morgan fingerprint density at radius 1 is 0.700 bits per heavy atom. The summed E-state index contributed by atoms with van der Waals surface area (Å²) in [4.78, 5) is 4.71. The quantitative estimate of drug-likeness (QED) is 0.776. The molecule has 0 fully saturated rings. The number of aromatic nitrogens is 1. The first-order chi connectivity index (χ1) is 9.88. The molecule has 1 aromatic heterocycles. The molecule has 0 unspecified atom stereocenters. The number of nitrogens with two attached hydrogens (primary N) is 1. The molecule has 0 saturated heterocycles. The highest BCUT2D eigenvalue weighted by Gasteiger charge is 2.07. The minimum atomic E-state index is 0.435. The maximum absolute atomic E-state index is 5.87. The molecule has 0 spiro atoms. The highest BCUT2D eigenvalue weighted by molar-refractivity contribution is 5.69. The molecule has 3 aromatic rings. The van der Waals surface area contributed by atoms with Crippen molar-refractivity contribution < 1.29 is 0 Å². The first-order valence-electron chi connectivity index (χ1n) is 6.69. The number of rotatable bonds is 3. The average Bonchev–Trinajstić information content (AvgIpc) is 2.56. The molecule has 1 heterocycles. The molecule has 0 atom stereocenters. The van der Waals surface area contributed by atoms with Crippen LogP contribution in [-0.4, -0.2) is 4.98 Å². The molecule has 3 rings (SSSR count). The van der Waals surface area contributed by atoms with Gasteiger partial charge in [0.05, 0.1) is 11.4 Å². The van der Waals surface area contributed by atoms with Gasteiger partial charge in [-0.05, 0) is 11.6 Å². The van der Waals surface area contributed by atoms with Gasteiger partial charge >= 0.3 is 0 Å². The maximum atomic E-state index is 5.87. The van der Waals surface area contributed by atoms with Crippen LogP contribution in [0.3, 0.4) is 0 Å². The fourth-order valence-corrected chi connectivity index (χ4v) is 2.31. The summed E-state index contributed by atoms with van der Waals surface area (Å²) in [7, 11) is 0. The summed E-state index contributed by atoms with van der Waals surface area (Å²) in [5.74, 6) is 0. The van der Waals surface area contributed by atoms with Crippen LogP contribution in [0.15, 0.2) is 72.8 Å². The number of benzene rings is 2. The first-order valence-corrected chi connectivity index (χ1v) is 6.69. The monoisotopic (exact) mass is 260 g/mol. The van der Waals surface area contributed by atoms with Gasteiger partial charge in [-0.3, -0.25) is 4.98 Å². The minimum absolute atomic E-state index is 0.435. The zero-order valence-electron chi connectivity index (χ0n) is 11.2. The molecule has 0 aliphatic heterocycles. The van der Waals surface area contributed by atoms with Gasteiger partial charge in [0.25, 0.3) is 0 Å². The lowest BCUT2D eigenvalue weighted by atomic mass is 10.0. The van der Waals surface area contributed by atoms with Gasteiger partial charge in [-0.25, -0.2) is 0 Å². The molecule has 0 saturated carbocycles. The fourth-order valence-electron chi connectivity index (χ4n) is 2.31. The van der Waals surface area contributed by atoms with Crippen LogP contribution >= 0.6 is 0 Å². The summed E-state index contributed by atoms with van der Waals surface area (Å²) in [5, 5.41) is 0. The summed E-state index contributed by atoms with van der Waals surface area (Å²) in [6, 6.07) is 24.6. The van der Waals surface area contributed by atoms with Crippen molar-refractivity contribution in [3.8, 4) is 22.4 Å². The van der Waals surface area contributed by atoms with Crippen molar-refractivity contribution in [3.63, 3.8) is 0 Å². The van der Waals surface area contributed by atoms with E-state index in [-0.39, 0.29) is 0 Å². The third kappa shape index (κ3) is 2.46. The minimum Gasteiger partial charge on any atom is -0.325 e. The Balaban J connectivity index is 2.07. The summed E-state index contributed by atoms with van der Waals surface area (Å²) < 4.78 is 0. The predicted octanol–water partition coefficient (Wildman–Crippen LogP) is 3.87. The number of hydrogen-bond donors (Lipinski definition) is 1. The summed E-state index contributed by atoms with van der Waals surface area (Å²) in [5.41, 5.74) is 11.1. The van der Waals surface area contributed by atoms with E-state index >= 15 is 0 Å². The lowest BCUT2D eigenvalue weighted by Crippen LogP contribution is -2.03. The van der Waals surface area contributed by atoms with Crippen LogP contribution in [0.4, 0.5) is 0 Å². The molecule has 0 aliphatic carbocycles. The smallest absolute Gasteiger partial charge is 0.0706 e. The molecule has 20 heavy (non-hydrogen) atoms. The molecule has 0 aliphatic rings. The Bertz CT molecular complexity index is 691. The zero-order valence-corrected chi connectivity index (χ0v) is 11.2. The molecule has 2 N–H and O–H groups in total. The first kappa shape index (κ1) is 12.6. The highest BCUT2D eigenvalue weighted by Crippen LogP contribution is 2.25. The van der Waals surface area contributed by atoms with E-state index in [1.807, 2.05) is 36.4 Å². The van der Waals surface area contributed by atoms with Crippen LogP contribution < -0.4 is 5.73 Å². The van der Waals surface area contributed by atoms with Crippen molar-refractivity contribution in [2.75, 3.05) is 0 Å². The third-order valence-electron chi connectivity index (χ3n) is 3.32. The Kier molecular flexibility index (Phi) is 3.57. The largest absolute Gasteiger partial charge is 0.325 e. The van der Waals surface area contributed by atoms with Gasteiger partial charge in [0.15, 0.2) is 0 Å². The van der Waals surface area contributed by atoms with Crippen molar-refractivity contribution >= 4 is 0 Å². The second-order valence-corrected chi connectivity index (χ2v) is 4.63. The van der Waals surface area contributed by atoms with Gasteiger partial charge in [-0.1, -0.05) is 66.7 Å². The molecule has 98 valence electrons. The Labute approximate surface area is 118 Å². The van der Waals surface area contributed by atoms with E-state index in [2.05, 4.69) is 36.4 Å². The third-order valence-corrected chi connectivity index (χ3v) is 3.32. The van der Waals surface area contributed by atoms with E-state index in [4.69, 9.17) is 10.7 Å². The Hall–Kier alpha value is -2.45. The highest BCUT2D eigenvalue weighted by atomic mass is 14.8. The standard InChI is InChI=1S/C18H16N2/c19-13-18-16(14-7-3-1-4-8-14)11-12-17(20-18)15-9-5-2-6-10-15/h1-12H,13,19H2. The molecule has 2 nitrogen and oxygen atoms in total. The van der Waals surface area contributed by atoms with E-state index in [9.17, 15) is 0 Å². The Morgan fingerprint density at radius 2 is 1.30 bits per heavy atom. The SMILES string of the molecule is NCc1nc(-c2ccccc2)ccc1-c1ccccc1. The average molecular weight is 260 g/mol. The second kappa shape index (κ2) is 5.68. The topological polar surface area (TPSA) is 38.9 Å². The van der Waals surface area contributed by atoms with Crippen LogP contribution in [-0.2, 0) is 6.54 Å². The van der Waals surface area contributed by atoms with Gasteiger partial charge in [-0.2, -0.15) is 0 Å². The summed E-state index contributed by atoms with van der Waals surface area (Å²) >= 11 is 0. The lowest BCUT2D eigenvalue weighted by Gasteiger charge is -2.10. The van der Waals surface area contributed by atoms with Gasteiger partial charge in [-0.15, -0.1) is 0 Å². The van der Waals surface area contributed by atoms with Crippen LogP contribution in [0.1, 0.15) is 5.69 Å². The normalized spacial score (nSPS) is 10.4. The molecule has 2 aromatic carbocycles. The molecule has 0 amide bonds. The van der Waals surface area contributed by atoms with E-state index < -0.39 is 0 Å². The van der Waals surface area contributed by atoms with E-state index in [1.54, 1.807) is 0 Å². The zero-order chi connectivity index (χ0) is 13.8. The fraction of sp³-hybridized carbons (Fsp3) is 0.0556. The van der Waals surface area contributed by atoms with Crippen molar-refractivity contribution in [3.05, 3.63) is 78.5 Å². The van der Waals surface area contributed by atoms with E-state index in [1.165, 1.54) is 0 Å². The molecular weight excluding hydrogens is 244 g/mol. The van der Waals surface area contributed by atoms with Crippen molar-refractivity contribution in [2.24, 2.45) is 5.73 Å². The number of hydrogen-bond acceptors (Lipinski definition) is 2. The molecule has 2 heteroatoms. The lowest BCUT2D eigenvalue weighted by molar-refractivity contribution is 0.997. The van der Waals surface area contributed by atoms with Gasteiger partial charge < -0.3 is 5.73 Å². The summed E-state index contributed by atoms with van der Waals surface area (Å²) in [6.07, 6.45) is 0. The van der Waals surface area contributed by atoms with Gasteiger partial charge in [0.2, 0.25) is 0 Å². The number of pyridine rings is 1. The van der Waals surface area contributed by atoms with Crippen molar-refractivity contribution in [1.82, 2.24) is 4.98 Å². The van der Waals surface area contributed by atoms with Gasteiger partial charge in [0, 0.05) is 17.7 Å². The van der Waals surface area contributed by atoms with E-state index in [0.717, 1.165) is 28.1 Å². The van der Waals surface area contributed by atoms with E-state index in [0.29, 0.717) is 6.54 Å². The predicted molar refractivity (Wildman–Crippen MR) is 83.0 cm³/mol. The molecule has 0 bridgehead atoms. The van der Waals surface area contributed by atoms with Crippen LogP contribution in [0.25, 0.3) is 22.4 Å². The maximum Gasteiger partial charge on any atom is 0.0706 e. The van der Waals surface area contributed by atoms with Crippen molar-refractivity contribution in [2.45, 2.75) is 6.54 Å². The number of nitrogens with zero attached hydrogens (tertiary/aromatic N) is 1. The Morgan fingerprint density at radius 3 is 1.90 bits per heavy atom. The molecule has 0 radical (unpaired) electrons. The van der Waals surface area contributed by atoms with Crippen LogP contribution in [0, 0.1) is 0 Å². The summed E-state index contributed by atoms with van der Waals surface area (Å²) in [6.45, 7) is 0.435. The second-order valence-electron chi connectivity index (χ2n) is 4.63. The van der Waals surface area contributed by atoms with Crippen LogP contribution in [0.2, 0.25) is 0 Å². The van der Waals surface area contributed by atoms with Gasteiger partial charge in [0.1, 0.15) is 0 Å². The van der Waals surface area contributed by atoms with Crippen LogP contribution in [0.5, 0.6) is 0 Å². The molecular formula is C18H16N2.